The van der Waals surface area contributed by atoms with Crippen LogP contribution in [0.15, 0.2) is 36.5 Å². The molecule has 6 heterocycles. The van der Waals surface area contributed by atoms with E-state index >= 15 is 0 Å². The second-order valence-corrected chi connectivity index (χ2v) is 14.9. The zero-order valence-corrected chi connectivity index (χ0v) is 34.9. The summed E-state index contributed by atoms with van der Waals surface area (Å²) in [7, 11) is 0. The van der Waals surface area contributed by atoms with Crippen LogP contribution in [-0.2, 0) is 30.9 Å². The Morgan fingerprint density at radius 1 is 0.790 bits per heavy atom. The van der Waals surface area contributed by atoms with Gasteiger partial charge in [0.15, 0.2) is 5.65 Å². The van der Waals surface area contributed by atoms with Crippen LogP contribution in [-0.4, -0.2) is 134 Å². The Labute approximate surface area is 354 Å². The minimum absolute atomic E-state index is 0.0259. The predicted octanol–water partition coefficient (Wildman–Crippen LogP) is 1.06. The van der Waals surface area contributed by atoms with E-state index in [1.54, 1.807) is 26.0 Å². The number of imidazole rings is 2. The number of pyridine rings is 1. The van der Waals surface area contributed by atoms with E-state index in [2.05, 4.69) is 40.7 Å². The molecule has 0 aliphatic carbocycles. The summed E-state index contributed by atoms with van der Waals surface area (Å²) in [4.78, 5) is 67.7. The second-order valence-electron chi connectivity index (χ2n) is 14.9. The van der Waals surface area contributed by atoms with Gasteiger partial charge in [0.25, 0.3) is 11.8 Å². The fraction of sp³-hybridized carbons (Fsp3) is 0.425. The molecule has 7 rings (SSSR count). The van der Waals surface area contributed by atoms with Gasteiger partial charge in [0.05, 0.1) is 67.6 Å². The summed E-state index contributed by atoms with van der Waals surface area (Å²) < 4.78 is 17.7. The first-order valence-electron chi connectivity index (χ1n) is 20.2. The van der Waals surface area contributed by atoms with E-state index < -0.39 is 35.8 Å². The zero-order valence-electron chi connectivity index (χ0n) is 34.9. The molecule has 1 aliphatic rings. The monoisotopic (exact) mass is 854 g/mol. The first kappa shape index (κ1) is 43.3. The summed E-state index contributed by atoms with van der Waals surface area (Å²) in [6.45, 7) is 11.2. The zero-order chi connectivity index (χ0) is 44.2. The van der Waals surface area contributed by atoms with Crippen molar-refractivity contribution in [3.63, 3.8) is 0 Å². The summed E-state index contributed by atoms with van der Waals surface area (Å²) in [5.41, 5.74) is 14.1. The molecule has 8 N–H and O–H groups in total. The first-order chi connectivity index (χ1) is 29.7. The number of benzene rings is 1. The Morgan fingerprint density at radius 3 is 1.92 bits per heavy atom. The van der Waals surface area contributed by atoms with Gasteiger partial charge in [0, 0.05) is 44.5 Å². The highest BCUT2D eigenvalue weighted by Gasteiger charge is 2.28. The maximum absolute atomic E-state index is 13.8. The molecular formula is C40H50N14O8. The van der Waals surface area contributed by atoms with Crippen LogP contribution >= 0.6 is 0 Å². The van der Waals surface area contributed by atoms with Crippen LogP contribution in [0.1, 0.15) is 73.3 Å². The van der Waals surface area contributed by atoms with Crippen LogP contribution in [0.5, 0.6) is 5.75 Å². The number of carbonyl (C=O) groups excluding carboxylic acids is 4. The summed E-state index contributed by atoms with van der Waals surface area (Å²) in [6.07, 6.45) is -1.27. The number of fused-ring (bicyclic) bond motifs is 2. The maximum Gasteiger partial charge on any atom is 0.276 e. The molecule has 0 unspecified atom stereocenters. The number of ether oxygens (including phenoxy) is 2. The quantitative estimate of drug-likeness (QED) is 0.0660. The van der Waals surface area contributed by atoms with Crippen LogP contribution in [0.3, 0.4) is 0 Å². The minimum atomic E-state index is -1.58. The van der Waals surface area contributed by atoms with E-state index in [-0.39, 0.29) is 76.5 Å². The van der Waals surface area contributed by atoms with Crippen molar-refractivity contribution in [1.29, 1.82) is 0 Å². The average Bonchev–Trinajstić information content (AvgIpc) is 4.01. The smallest absolute Gasteiger partial charge is 0.276 e. The van der Waals surface area contributed by atoms with Gasteiger partial charge in [0.2, 0.25) is 23.7 Å². The fourth-order valence-corrected chi connectivity index (χ4v) is 7.35. The molecule has 5 aromatic heterocycles. The molecule has 1 aromatic carbocycles. The molecule has 22 heteroatoms. The van der Waals surface area contributed by atoms with Gasteiger partial charge in [-0.1, -0.05) is 0 Å². The molecule has 6 aromatic rings. The van der Waals surface area contributed by atoms with E-state index in [9.17, 15) is 29.4 Å². The number of aliphatic hydroxyl groups excluding tert-OH is 2. The van der Waals surface area contributed by atoms with Crippen molar-refractivity contribution < 1.29 is 38.9 Å². The molecule has 62 heavy (non-hydrogen) atoms. The lowest BCUT2D eigenvalue weighted by Gasteiger charge is -2.26. The number of rotatable bonds is 18. The van der Waals surface area contributed by atoms with Crippen molar-refractivity contribution in [2.24, 2.45) is 11.5 Å². The average molecular weight is 855 g/mol. The van der Waals surface area contributed by atoms with E-state index in [4.69, 9.17) is 20.9 Å². The number of morpholine rings is 1. The number of hydrogen-bond donors (Lipinski definition) is 6. The normalized spacial score (nSPS) is 14.3. The third kappa shape index (κ3) is 9.27. The molecule has 0 spiro atoms. The highest BCUT2D eigenvalue weighted by Crippen LogP contribution is 2.32. The molecule has 22 nitrogen and oxygen atoms in total. The van der Waals surface area contributed by atoms with Gasteiger partial charge in [-0.2, -0.15) is 10.2 Å². The number of amides is 4. The van der Waals surface area contributed by atoms with Crippen molar-refractivity contribution >= 4 is 57.7 Å². The second kappa shape index (κ2) is 18.5. The highest BCUT2D eigenvalue weighted by atomic mass is 16.5. The van der Waals surface area contributed by atoms with Crippen molar-refractivity contribution in [3.05, 3.63) is 70.4 Å². The Bertz CT molecular complexity index is 2640. The van der Waals surface area contributed by atoms with Gasteiger partial charge in [-0.25, -0.2) is 15.0 Å². The number of carbonyl (C=O) groups is 4. The van der Waals surface area contributed by atoms with Gasteiger partial charge >= 0.3 is 0 Å². The molecule has 0 bridgehead atoms. The van der Waals surface area contributed by atoms with Gasteiger partial charge in [-0.3, -0.25) is 48.6 Å². The van der Waals surface area contributed by atoms with E-state index in [0.29, 0.717) is 49.6 Å². The molecule has 0 saturated carbocycles. The van der Waals surface area contributed by atoms with Crippen LogP contribution < -0.4 is 26.8 Å². The third-order valence-corrected chi connectivity index (χ3v) is 10.4. The van der Waals surface area contributed by atoms with Crippen LogP contribution in [0.2, 0.25) is 0 Å². The fourth-order valence-electron chi connectivity index (χ4n) is 7.35. The molecular weight excluding hydrogens is 805 g/mol. The first-order valence-corrected chi connectivity index (χ1v) is 20.2. The topological polar surface area (TPSA) is 291 Å². The summed E-state index contributed by atoms with van der Waals surface area (Å²) >= 11 is 0. The van der Waals surface area contributed by atoms with Crippen LogP contribution in [0.4, 0.5) is 11.9 Å². The Balaban J connectivity index is 1.23. The van der Waals surface area contributed by atoms with Crippen LogP contribution in [0, 0.1) is 13.8 Å². The predicted molar refractivity (Wildman–Crippen MR) is 225 cm³/mol. The molecule has 4 amide bonds. The lowest BCUT2D eigenvalue weighted by atomic mass is 10.1. The largest absolute Gasteiger partial charge is 0.491 e. The van der Waals surface area contributed by atoms with E-state index in [1.165, 1.54) is 42.9 Å². The molecule has 1 fully saturated rings. The minimum Gasteiger partial charge on any atom is -0.491 e. The van der Waals surface area contributed by atoms with Crippen LogP contribution in [0.25, 0.3) is 22.2 Å². The molecule has 328 valence electrons. The van der Waals surface area contributed by atoms with Gasteiger partial charge in [-0.05, 0) is 64.4 Å². The number of aromatic nitrogens is 9. The molecule has 0 radical (unpaired) electrons. The van der Waals surface area contributed by atoms with Gasteiger partial charge < -0.3 is 35.7 Å². The van der Waals surface area contributed by atoms with Gasteiger partial charge in [-0.15, -0.1) is 0 Å². The number of aryl methyl sites for hydroxylation is 4. The maximum atomic E-state index is 13.8. The van der Waals surface area contributed by atoms with Crippen molar-refractivity contribution in [2.45, 2.75) is 72.5 Å². The molecule has 1 saturated heterocycles. The standard InChI is InChI=1S/C40H50N14O8/c1-5-53-28(14-22(3)48-53)37(59)46-39-44-26-16-24(34(41)57)18-32(62-11-7-8-50-9-12-61-13-10-50)33(26)51(39)20-30(55)31(56)21-52-36-27(17-25(19-43-36)35(42)58)45-40(52)47-38(60)29-15-23(4)49-54(29)6-2/h14-19,30-31,55-56H,5-13,20-21H2,1-4H3,(H2,41,57)(H2,42,58)(H,44,46,59)(H,45,47,60)/t30-,31-/m0/s1. The third-order valence-electron chi connectivity index (χ3n) is 10.4. The summed E-state index contributed by atoms with van der Waals surface area (Å²) in [5, 5.41) is 37.9. The highest BCUT2D eigenvalue weighted by molar-refractivity contribution is 6.05. The number of anilines is 2. The van der Waals surface area contributed by atoms with E-state index in [1.807, 2.05) is 13.8 Å². The van der Waals surface area contributed by atoms with Crippen molar-refractivity contribution in [2.75, 3.05) is 50.1 Å². The van der Waals surface area contributed by atoms with Crippen molar-refractivity contribution in [3.8, 4) is 5.75 Å². The van der Waals surface area contributed by atoms with Gasteiger partial charge in [0.1, 0.15) is 28.2 Å². The number of aliphatic hydroxyl groups is 2. The Morgan fingerprint density at radius 2 is 1.34 bits per heavy atom. The lowest BCUT2D eigenvalue weighted by Crippen LogP contribution is -2.37. The Kier molecular flexibility index (Phi) is 12.9. The lowest BCUT2D eigenvalue weighted by molar-refractivity contribution is 0.00162. The number of hydrogen-bond acceptors (Lipinski definition) is 14. The van der Waals surface area contributed by atoms with E-state index in [0.717, 1.165) is 19.6 Å². The number of nitrogens with one attached hydrogen (secondary N) is 2. The SMILES string of the molecule is CCn1nc(C)cc1C(=O)Nc1nc2cc(C(N)=O)cnc2n1C[C@H](O)[C@@H](O)Cn1c(NC(=O)c2cc(C)nn2CC)nc2cc(C(N)=O)cc(OCCCN3CCOCC3)c21. The van der Waals surface area contributed by atoms with Crippen molar-refractivity contribution in [1.82, 2.24) is 48.5 Å². The summed E-state index contributed by atoms with van der Waals surface area (Å²) in [5.74, 6) is -2.43. The molecule has 2 atom stereocenters. The summed E-state index contributed by atoms with van der Waals surface area (Å²) in [6, 6.07) is 7.58. The number of nitrogens with two attached hydrogens (primary N) is 2. The number of nitrogens with zero attached hydrogens (tertiary/aromatic N) is 10. The number of primary amides is 2. The molecule has 1 aliphatic heterocycles. The Hall–Kier alpha value is -6.75.